The number of nitrogens with zero attached hydrogens (tertiary/aromatic N) is 1. The molecular formula is C24H32N2O4S. The van der Waals surface area contributed by atoms with Crippen LogP contribution in [-0.4, -0.2) is 45.4 Å². The van der Waals surface area contributed by atoms with Crippen molar-refractivity contribution in [3.8, 4) is 5.75 Å². The lowest BCUT2D eigenvalue weighted by Crippen LogP contribution is -2.43. The molecule has 1 aliphatic rings. The molecule has 1 aliphatic heterocycles. The summed E-state index contributed by atoms with van der Waals surface area (Å²) < 4.78 is 32.3. The van der Waals surface area contributed by atoms with Crippen LogP contribution in [0.25, 0.3) is 0 Å². The lowest BCUT2D eigenvalue weighted by atomic mass is 9.97. The minimum Gasteiger partial charge on any atom is -0.497 e. The zero-order chi connectivity index (χ0) is 22.3. The van der Waals surface area contributed by atoms with Crippen LogP contribution in [0.15, 0.2) is 48.5 Å². The molecule has 1 amide bonds. The molecule has 1 fully saturated rings. The van der Waals surface area contributed by atoms with Crippen molar-refractivity contribution in [1.29, 1.82) is 0 Å². The largest absolute Gasteiger partial charge is 0.497 e. The van der Waals surface area contributed by atoms with E-state index in [0.29, 0.717) is 32.5 Å². The standard InChI is InChI=1S/C24H32N2O4S/c1-19-6-3-4-8-22(19)18-31(28,29)26-16-13-21(14-17-26)24(27)25-15-5-7-20-9-11-23(30-2)12-10-20/h3-4,6,8-12,21H,5,7,13-18H2,1-2H3,(H,25,27). The zero-order valence-corrected chi connectivity index (χ0v) is 19.2. The summed E-state index contributed by atoms with van der Waals surface area (Å²) in [4.78, 5) is 12.5. The minimum absolute atomic E-state index is 0.0158. The molecule has 0 atom stereocenters. The Balaban J connectivity index is 1.40. The van der Waals surface area contributed by atoms with Crippen molar-refractivity contribution in [2.75, 3.05) is 26.7 Å². The Hall–Kier alpha value is -2.38. The number of carbonyl (C=O) groups is 1. The predicted octanol–water partition coefficient (Wildman–Crippen LogP) is 3.29. The fourth-order valence-electron chi connectivity index (χ4n) is 3.90. The van der Waals surface area contributed by atoms with Gasteiger partial charge in [0.2, 0.25) is 15.9 Å². The number of hydrogen-bond acceptors (Lipinski definition) is 4. The molecule has 0 unspecified atom stereocenters. The van der Waals surface area contributed by atoms with Gasteiger partial charge < -0.3 is 10.1 Å². The summed E-state index contributed by atoms with van der Waals surface area (Å²) in [7, 11) is -1.72. The van der Waals surface area contributed by atoms with Gasteiger partial charge in [0.15, 0.2) is 0 Å². The number of hydrogen-bond donors (Lipinski definition) is 1. The number of piperidine rings is 1. The van der Waals surface area contributed by atoms with Crippen molar-refractivity contribution in [1.82, 2.24) is 9.62 Å². The molecular weight excluding hydrogens is 412 g/mol. The van der Waals surface area contributed by atoms with Gasteiger partial charge in [0, 0.05) is 25.6 Å². The molecule has 0 saturated carbocycles. The summed E-state index contributed by atoms with van der Waals surface area (Å²) in [5, 5.41) is 3.01. The number of rotatable bonds is 9. The fraction of sp³-hybridized carbons (Fsp3) is 0.458. The molecule has 2 aromatic carbocycles. The van der Waals surface area contributed by atoms with Crippen LogP contribution in [0.3, 0.4) is 0 Å². The van der Waals surface area contributed by atoms with Crippen LogP contribution < -0.4 is 10.1 Å². The van der Waals surface area contributed by atoms with Crippen LogP contribution in [0.2, 0.25) is 0 Å². The number of aryl methyl sites for hydroxylation is 2. The lowest BCUT2D eigenvalue weighted by molar-refractivity contribution is -0.126. The van der Waals surface area contributed by atoms with Gasteiger partial charge in [-0.25, -0.2) is 12.7 Å². The number of nitrogens with one attached hydrogen (secondary N) is 1. The Morgan fingerprint density at radius 2 is 1.77 bits per heavy atom. The van der Waals surface area contributed by atoms with Crippen molar-refractivity contribution in [2.24, 2.45) is 5.92 Å². The highest BCUT2D eigenvalue weighted by Crippen LogP contribution is 2.23. The van der Waals surface area contributed by atoms with Gasteiger partial charge in [-0.2, -0.15) is 0 Å². The second-order valence-electron chi connectivity index (χ2n) is 8.10. The van der Waals surface area contributed by atoms with Crippen molar-refractivity contribution >= 4 is 15.9 Å². The van der Waals surface area contributed by atoms with Gasteiger partial charge in [0.1, 0.15) is 5.75 Å². The molecule has 7 heteroatoms. The van der Waals surface area contributed by atoms with Crippen molar-refractivity contribution in [2.45, 2.75) is 38.4 Å². The Kier molecular flexibility index (Phi) is 8.09. The van der Waals surface area contributed by atoms with Crippen LogP contribution in [0.1, 0.15) is 36.0 Å². The van der Waals surface area contributed by atoms with Gasteiger partial charge in [-0.3, -0.25) is 4.79 Å². The van der Waals surface area contributed by atoms with Crippen LogP contribution >= 0.6 is 0 Å². The average molecular weight is 445 g/mol. The van der Waals surface area contributed by atoms with Crippen molar-refractivity contribution < 1.29 is 17.9 Å². The summed E-state index contributed by atoms with van der Waals surface area (Å²) >= 11 is 0. The van der Waals surface area contributed by atoms with E-state index < -0.39 is 10.0 Å². The van der Waals surface area contributed by atoms with Crippen molar-refractivity contribution in [3.05, 3.63) is 65.2 Å². The summed E-state index contributed by atoms with van der Waals surface area (Å²) in [5.74, 6) is 0.767. The molecule has 1 heterocycles. The van der Waals surface area contributed by atoms with E-state index in [4.69, 9.17) is 4.74 Å². The first-order valence-electron chi connectivity index (χ1n) is 10.8. The van der Waals surface area contributed by atoms with Crippen LogP contribution in [0, 0.1) is 12.8 Å². The quantitative estimate of drug-likeness (QED) is 0.602. The first kappa shape index (κ1) is 23.3. The molecule has 0 aromatic heterocycles. The third-order valence-electron chi connectivity index (χ3n) is 5.92. The second kappa shape index (κ2) is 10.8. The zero-order valence-electron chi connectivity index (χ0n) is 18.3. The number of amides is 1. The Labute approximate surface area is 185 Å². The maximum atomic E-state index is 12.8. The topological polar surface area (TPSA) is 75.7 Å². The molecule has 0 spiro atoms. The first-order valence-corrected chi connectivity index (χ1v) is 12.4. The van der Waals surface area contributed by atoms with E-state index in [2.05, 4.69) is 5.32 Å². The lowest BCUT2D eigenvalue weighted by Gasteiger charge is -2.30. The van der Waals surface area contributed by atoms with Gasteiger partial charge >= 0.3 is 0 Å². The van der Waals surface area contributed by atoms with E-state index in [-0.39, 0.29) is 17.6 Å². The third kappa shape index (κ3) is 6.55. The normalized spacial score (nSPS) is 15.5. The van der Waals surface area contributed by atoms with Gasteiger partial charge in [-0.15, -0.1) is 0 Å². The average Bonchev–Trinajstić information content (AvgIpc) is 2.78. The van der Waals surface area contributed by atoms with E-state index in [1.54, 1.807) is 7.11 Å². The van der Waals surface area contributed by atoms with Crippen LogP contribution in [0.4, 0.5) is 0 Å². The van der Waals surface area contributed by atoms with Crippen LogP contribution in [0.5, 0.6) is 5.75 Å². The fourth-order valence-corrected chi connectivity index (χ4v) is 5.56. The minimum atomic E-state index is -3.37. The van der Waals surface area contributed by atoms with Gasteiger partial charge in [-0.1, -0.05) is 36.4 Å². The first-order chi connectivity index (χ1) is 14.9. The summed E-state index contributed by atoms with van der Waals surface area (Å²) in [6.45, 7) is 3.35. The molecule has 3 rings (SSSR count). The van der Waals surface area contributed by atoms with E-state index in [1.165, 1.54) is 9.87 Å². The second-order valence-corrected chi connectivity index (χ2v) is 10.1. The summed E-state index contributed by atoms with van der Waals surface area (Å²) in [5.41, 5.74) is 3.02. The monoisotopic (exact) mass is 444 g/mol. The highest BCUT2D eigenvalue weighted by molar-refractivity contribution is 7.88. The Morgan fingerprint density at radius 3 is 2.42 bits per heavy atom. The van der Waals surface area contributed by atoms with E-state index in [1.807, 2.05) is 55.5 Å². The van der Waals surface area contributed by atoms with E-state index >= 15 is 0 Å². The molecule has 1 N–H and O–H groups in total. The molecule has 1 saturated heterocycles. The molecule has 168 valence electrons. The molecule has 0 aliphatic carbocycles. The van der Waals surface area contributed by atoms with E-state index in [9.17, 15) is 13.2 Å². The van der Waals surface area contributed by atoms with E-state index in [0.717, 1.165) is 29.7 Å². The SMILES string of the molecule is COc1ccc(CCCNC(=O)C2CCN(S(=O)(=O)Cc3ccccc3C)CC2)cc1. The summed E-state index contributed by atoms with van der Waals surface area (Å²) in [6.07, 6.45) is 2.89. The summed E-state index contributed by atoms with van der Waals surface area (Å²) in [6, 6.07) is 15.5. The highest BCUT2D eigenvalue weighted by Gasteiger charge is 2.31. The number of carbonyl (C=O) groups excluding carboxylic acids is 1. The number of sulfonamides is 1. The van der Waals surface area contributed by atoms with Gasteiger partial charge in [0.05, 0.1) is 12.9 Å². The Morgan fingerprint density at radius 1 is 1.10 bits per heavy atom. The number of benzene rings is 2. The predicted molar refractivity (Wildman–Crippen MR) is 122 cm³/mol. The van der Waals surface area contributed by atoms with Gasteiger partial charge in [0.25, 0.3) is 0 Å². The number of methoxy groups -OCH3 is 1. The maximum Gasteiger partial charge on any atom is 0.223 e. The van der Waals surface area contributed by atoms with Crippen molar-refractivity contribution in [3.63, 3.8) is 0 Å². The molecule has 6 nitrogen and oxygen atoms in total. The third-order valence-corrected chi connectivity index (χ3v) is 7.75. The van der Waals surface area contributed by atoms with Crippen LogP contribution in [-0.2, 0) is 27.0 Å². The molecule has 31 heavy (non-hydrogen) atoms. The molecule has 2 aromatic rings. The van der Waals surface area contributed by atoms with Gasteiger partial charge in [-0.05, 0) is 61.4 Å². The maximum absolute atomic E-state index is 12.8. The Bertz CT molecular complexity index is 965. The molecule has 0 bridgehead atoms. The highest BCUT2D eigenvalue weighted by atomic mass is 32.2. The number of ether oxygens (including phenoxy) is 1. The smallest absolute Gasteiger partial charge is 0.223 e. The molecule has 0 radical (unpaired) electrons.